The summed E-state index contributed by atoms with van der Waals surface area (Å²) in [6.45, 7) is 0.855. The average molecular weight is 375 g/mol. The van der Waals surface area contributed by atoms with Crippen LogP contribution in [0.2, 0.25) is 0 Å². The molecular weight excluding hydrogens is 355 g/mol. The molecule has 0 bridgehead atoms. The number of carbonyl (C=O) groups is 1. The van der Waals surface area contributed by atoms with Gasteiger partial charge < -0.3 is 9.88 Å². The third kappa shape index (κ3) is 3.50. The van der Waals surface area contributed by atoms with E-state index in [1.165, 1.54) is 6.07 Å². The number of amides is 1. The first kappa shape index (κ1) is 17.8. The second-order valence-electron chi connectivity index (χ2n) is 7.04. The zero-order valence-corrected chi connectivity index (χ0v) is 14.7. The summed E-state index contributed by atoms with van der Waals surface area (Å²) in [7, 11) is 0. The Bertz CT molecular complexity index is 877. The topological polar surface area (TPSA) is 49.0 Å². The zero-order valence-electron chi connectivity index (χ0n) is 14.7. The van der Waals surface area contributed by atoms with E-state index in [-0.39, 0.29) is 11.8 Å². The number of fused-ring (bicyclic) bond motifs is 1. The summed E-state index contributed by atoms with van der Waals surface area (Å²) in [6.07, 6.45) is 2.37. The number of likely N-dealkylation sites (tertiary alicyclic amines) is 1. The van der Waals surface area contributed by atoms with Gasteiger partial charge in [0.2, 0.25) is 0 Å². The molecule has 27 heavy (non-hydrogen) atoms. The number of hydrogen-bond donors (Lipinski definition) is 1. The van der Waals surface area contributed by atoms with Crippen molar-refractivity contribution in [2.45, 2.75) is 37.8 Å². The molecule has 1 amide bonds. The van der Waals surface area contributed by atoms with E-state index in [4.69, 9.17) is 0 Å². The number of nitrogens with one attached hydrogen (secondary N) is 1. The van der Waals surface area contributed by atoms with E-state index in [0.29, 0.717) is 37.3 Å². The van der Waals surface area contributed by atoms with Crippen LogP contribution in [0.1, 0.15) is 58.3 Å². The minimum Gasteiger partial charge on any atom is -0.337 e. The number of hydrogen-bond acceptors (Lipinski definition) is 2. The molecule has 1 aliphatic heterocycles. The number of allylic oxidation sites excluding steroid dienone is 1. The molecule has 142 valence electrons. The van der Waals surface area contributed by atoms with Crippen LogP contribution in [0.15, 0.2) is 30.3 Å². The highest BCUT2D eigenvalue weighted by Crippen LogP contribution is 2.38. The highest BCUT2D eigenvalue weighted by molar-refractivity contribution is 5.91. The summed E-state index contributed by atoms with van der Waals surface area (Å²) in [6, 6.07) is 5.74. The molecule has 4 nitrogen and oxygen atoms in total. The van der Waals surface area contributed by atoms with E-state index >= 15 is 0 Å². The lowest BCUT2D eigenvalue weighted by Crippen LogP contribution is -2.38. The molecule has 4 rings (SSSR count). The fraction of sp³-hybridized carbons (Fsp3) is 0.400. The molecule has 1 aromatic carbocycles. The SMILES string of the molecule is O=C(c1nc2c([nH]1)CCC=C2)N1CCC(c2ccccc2C(F)(F)F)CC1. The summed E-state index contributed by atoms with van der Waals surface area (Å²) in [5.41, 5.74) is 1.53. The molecule has 1 N–H and O–H groups in total. The first-order valence-electron chi connectivity index (χ1n) is 9.14. The van der Waals surface area contributed by atoms with Crippen LogP contribution in [0.4, 0.5) is 13.2 Å². The van der Waals surface area contributed by atoms with E-state index in [1.54, 1.807) is 17.0 Å². The van der Waals surface area contributed by atoms with Gasteiger partial charge in [0.1, 0.15) is 0 Å². The van der Waals surface area contributed by atoms with E-state index in [2.05, 4.69) is 9.97 Å². The van der Waals surface area contributed by atoms with Crippen LogP contribution in [0, 0.1) is 0 Å². The number of aryl methyl sites for hydroxylation is 1. The van der Waals surface area contributed by atoms with Gasteiger partial charge in [-0.15, -0.1) is 0 Å². The Balaban J connectivity index is 1.46. The number of H-pyrrole nitrogens is 1. The molecule has 7 heteroatoms. The van der Waals surface area contributed by atoms with Gasteiger partial charge in [-0.25, -0.2) is 4.98 Å². The third-order valence-corrected chi connectivity index (χ3v) is 5.34. The van der Waals surface area contributed by atoms with E-state index < -0.39 is 11.7 Å². The third-order valence-electron chi connectivity index (χ3n) is 5.34. The number of halogens is 3. The number of aromatic amines is 1. The van der Waals surface area contributed by atoms with E-state index in [1.807, 2.05) is 12.2 Å². The minimum absolute atomic E-state index is 0.180. The summed E-state index contributed by atoms with van der Waals surface area (Å²) in [5.74, 6) is -0.0549. The van der Waals surface area contributed by atoms with E-state index in [0.717, 1.165) is 30.3 Å². The standard InChI is InChI=1S/C20H20F3N3O/c21-20(22,23)15-6-2-1-5-14(15)13-9-11-26(12-10-13)19(27)18-24-16-7-3-4-8-17(16)25-18/h1-3,5-7,13H,4,8-12H2,(H,24,25). The largest absolute Gasteiger partial charge is 0.416 e. The van der Waals surface area contributed by atoms with Crippen molar-refractivity contribution in [3.05, 3.63) is 58.7 Å². The zero-order chi connectivity index (χ0) is 19.0. The predicted molar refractivity (Wildman–Crippen MR) is 95.3 cm³/mol. The van der Waals surface area contributed by atoms with Crippen LogP contribution >= 0.6 is 0 Å². The van der Waals surface area contributed by atoms with Gasteiger partial charge in [0.25, 0.3) is 5.91 Å². The molecular formula is C20H20F3N3O. The Morgan fingerprint density at radius 3 is 2.63 bits per heavy atom. The van der Waals surface area contributed by atoms with Crippen molar-refractivity contribution < 1.29 is 18.0 Å². The second-order valence-corrected chi connectivity index (χ2v) is 7.04. The highest BCUT2D eigenvalue weighted by Gasteiger charge is 2.36. The number of carbonyl (C=O) groups excluding carboxylic acids is 1. The van der Waals surface area contributed by atoms with Crippen LogP contribution in [-0.2, 0) is 12.6 Å². The normalized spacial score (nSPS) is 17.8. The Kier molecular flexibility index (Phi) is 4.53. The number of piperidine rings is 1. The molecule has 1 saturated heterocycles. The lowest BCUT2D eigenvalue weighted by Gasteiger charge is -2.32. The van der Waals surface area contributed by atoms with Crippen LogP contribution in [0.3, 0.4) is 0 Å². The predicted octanol–water partition coefficient (Wildman–Crippen LogP) is 4.41. The molecule has 2 aliphatic rings. The van der Waals surface area contributed by atoms with Crippen molar-refractivity contribution in [2.75, 3.05) is 13.1 Å². The van der Waals surface area contributed by atoms with Gasteiger partial charge in [-0.05, 0) is 49.3 Å². The van der Waals surface area contributed by atoms with Crippen LogP contribution in [0.25, 0.3) is 6.08 Å². The maximum atomic E-state index is 13.3. The fourth-order valence-electron chi connectivity index (χ4n) is 3.93. The van der Waals surface area contributed by atoms with Gasteiger partial charge >= 0.3 is 6.18 Å². The lowest BCUT2D eigenvalue weighted by atomic mass is 9.86. The molecule has 2 heterocycles. The van der Waals surface area contributed by atoms with Crippen molar-refractivity contribution in [3.8, 4) is 0 Å². The van der Waals surface area contributed by atoms with Crippen molar-refractivity contribution in [1.29, 1.82) is 0 Å². The van der Waals surface area contributed by atoms with Gasteiger partial charge in [0.05, 0.1) is 11.3 Å². The second kappa shape index (κ2) is 6.87. The fourth-order valence-corrected chi connectivity index (χ4v) is 3.93. The number of rotatable bonds is 2. The van der Waals surface area contributed by atoms with Gasteiger partial charge in [-0.1, -0.05) is 24.3 Å². The molecule has 1 fully saturated rings. The molecule has 0 spiro atoms. The summed E-state index contributed by atoms with van der Waals surface area (Å²) < 4.78 is 39.8. The Morgan fingerprint density at radius 1 is 1.19 bits per heavy atom. The molecule has 0 unspecified atom stereocenters. The number of aromatic nitrogens is 2. The molecule has 0 radical (unpaired) electrons. The Hall–Kier alpha value is -2.57. The van der Waals surface area contributed by atoms with Crippen molar-refractivity contribution in [1.82, 2.24) is 14.9 Å². The maximum absolute atomic E-state index is 13.3. The number of imidazole rings is 1. The van der Waals surface area contributed by atoms with Gasteiger partial charge in [-0.3, -0.25) is 4.79 Å². The minimum atomic E-state index is -4.36. The Labute approximate surface area is 155 Å². The van der Waals surface area contributed by atoms with Gasteiger partial charge in [0, 0.05) is 18.8 Å². The van der Waals surface area contributed by atoms with E-state index in [9.17, 15) is 18.0 Å². The molecule has 0 atom stereocenters. The lowest BCUT2D eigenvalue weighted by molar-refractivity contribution is -0.138. The van der Waals surface area contributed by atoms with Crippen LogP contribution in [0.5, 0.6) is 0 Å². The van der Waals surface area contributed by atoms with Crippen LogP contribution in [-0.4, -0.2) is 33.9 Å². The summed E-state index contributed by atoms with van der Waals surface area (Å²) in [5, 5.41) is 0. The molecule has 2 aromatic rings. The number of alkyl halides is 3. The van der Waals surface area contributed by atoms with Crippen LogP contribution < -0.4 is 0 Å². The first-order chi connectivity index (χ1) is 12.9. The summed E-state index contributed by atoms with van der Waals surface area (Å²) >= 11 is 0. The molecule has 1 aromatic heterocycles. The quantitative estimate of drug-likeness (QED) is 0.845. The van der Waals surface area contributed by atoms with Crippen molar-refractivity contribution >= 4 is 12.0 Å². The van der Waals surface area contributed by atoms with Gasteiger partial charge in [0.15, 0.2) is 5.82 Å². The first-order valence-corrected chi connectivity index (χ1v) is 9.14. The van der Waals surface area contributed by atoms with Gasteiger partial charge in [-0.2, -0.15) is 13.2 Å². The molecule has 1 aliphatic carbocycles. The van der Waals surface area contributed by atoms with Crippen molar-refractivity contribution in [2.24, 2.45) is 0 Å². The monoisotopic (exact) mass is 375 g/mol. The number of benzene rings is 1. The average Bonchev–Trinajstić information content (AvgIpc) is 3.11. The highest BCUT2D eigenvalue weighted by atomic mass is 19.4. The Morgan fingerprint density at radius 2 is 1.93 bits per heavy atom. The summed E-state index contributed by atoms with van der Waals surface area (Å²) in [4.78, 5) is 21.9. The molecule has 0 saturated carbocycles. The maximum Gasteiger partial charge on any atom is 0.416 e. The van der Waals surface area contributed by atoms with Crippen molar-refractivity contribution in [3.63, 3.8) is 0 Å². The smallest absolute Gasteiger partial charge is 0.337 e. The number of nitrogens with zero attached hydrogens (tertiary/aromatic N) is 2.